The summed E-state index contributed by atoms with van der Waals surface area (Å²) in [5, 5.41) is 0. The van der Waals surface area contributed by atoms with Crippen molar-refractivity contribution in [2.45, 2.75) is 31.8 Å². The van der Waals surface area contributed by atoms with Gasteiger partial charge >= 0.3 is 0 Å². The lowest BCUT2D eigenvalue weighted by Crippen LogP contribution is -2.01. The van der Waals surface area contributed by atoms with Crippen molar-refractivity contribution in [1.29, 1.82) is 0 Å². The highest BCUT2D eigenvalue weighted by Gasteiger charge is 2.13. The van der Waals surface area contributed by atoms with Gasteiger partial charge in [0.2, 0.25) is 0 Å². The van der Waals surface area contributed by atoms with Crippen LogP contribution in [0.1, 0.15) is 25.7 Å². The Balaban J connectivity index is 2.06. The molecule has 1 aliphatic carbocycles. The largest absolute Gasteiger partial charge is 0.501 e. The highest BCUT2D eigenvalue weighted by molar-refractivity contribution is 4.71. The van der Waals surface area contributed by atoms with E-state index in [4.69, 9.17) is 9.47 Å². The Labute approximate surface area is 61.8 Å². The quantitative estimate of drug-likeness (QED) is 0.561. The maximum Gasteiger partial charge on any atom is 0.118 e. The maximum absolute atomic E-state index is 5.34. The second kappa shape index (κ2) is 4.20. The van der Waals surface area contributed by atoms with Gasteiger partial charge in [0.15, 0.2) is 0 Å². The van der Waals surface area contributed by atoms with Gasteiger partial charge in [-0.25, -0.2) is 0 Å². The summed E-state index contributed by atoms with van der Waals surface area (Å²) in [6, 6.07) is 0. The average molecular weight is 142 g/mol. The molecule has 1 saturated carbocycles. The topological polar surface area (TPSA) is 18.5 Å². The Bertz CT molecular complexity index is 104. The molecule has 1 aliphatic rings. The Morgan fingerprint density at radius 2 is 1.90 bits per heavy atom. The highest BCUT2D eigenvalue weighted by atomic mass is 16.5. The van der Waals surface area contributed by atoms with E-state index >= 15 is 0 Å². The molecule has 0 saturated heterocycles. The molecule has 1 fully saturated rings. The zero-order valence-electron chi connectivity index (χ0n) is 6.38. The summed E-state index contributed by atoms with van der Waals surface area (Å²) in [7, 11) is 1.62. The zero-order chi connectivity index (χ0) is 7.23. The lowest BCUT2D eigenvalue weighted by molar-refractivity contribution is 0.142. The minimum atomic E-state index is 0.450. The Kier molecular flexibility index (Phi) is 3.13. The Morgan fingerprint density at radius 3 is 2.50 bits per heavy atom. The van der Waals surface area contributed by atoms with E-state index in [1.54, 1.807) is 19.6 Å². The molecule has 0 atom stereocenters. The first-order valence-electron chi connectivity index (χ1n) is 3.77. The molecule has 0 aromatic rings. The molecule has 0 amide bonds. The molecule has 0 heterocycles. The molecule has 0 aromatic heterocycles. The third kappa shape index (κ3) is 2.29. The van der Waals surface area contributed by atoms with E-state index in [2.05, 4.69) is 0 Å². The first kappa shape index (κ1) is 7.45. The van der Waals surface area contributed by atoms with Crippen molar-refractivity contribution in [1.82, 2.24) is 0 Å². The van der Waals surface area contributed by atoms with Gasteiger partial charge < -0.3 is 9.47 Å². The Hall–Kier alpha value is -0.660. The summed E-state index contributed by atoms with van der Waals surface area (Å²) < 4.78 is 10.0. The molecule has 0 aliphatic heterocycles. The summed E-state index contributed by atoms with van der Waals surface area (Å²) >= 11 is 0. The van der Waals surface area contributed by atoms with Crippen molar-refractivity contribution < 1.29 is 9.47 Å². The number of ether oxygens (including phenoxy) is 2. The number of rotatable bonds is 3. The molecule has 0 N–H and O–H groups in total. The highest BCUT2D eigenvalue weighted by Crippen LogP contribution is 2.20. The molecule has 2 nitrogen and oxygen atoms in total. The van der Waals surface area contributed by atoms with Gasteiger partial charge in [0.1, 0.15) is 12.5 Å². The van der Waals surface area contributed by atoms with E-state index < -0.39 is 0 Å². The van der Waals surface area contributed by atoms with Gasteiger partial charge in [-0.3, -0.25) is 0 Å². The Morgan fingerprint density at radius 1 is 1.20 bits per heavy atom. The van der Waals surface area contributed by atoms with Crippen molar-refractivity contribution in [2.24, 2.45) is 0 Å². The normalized spacial score (nSPS) is 20.1. The van der Waals surface area contributed by atoms with Crippen LogP contribution in [0.3, 0.4) is 0 Å². The van der Waals surface area contributed by atoms with Crippen molar-refractivity contribution >= 4 is 0 Å². The summed E-state index contributed by atoms with van der Waals surface area (Å²) in [5.41, 5.74) is 0. The molecule has 58 valence electrons. The summed E-state index contributed by atoms with van der Waals surface area (Å²) in [6.07, 6.45) is 8.68. The van der Waals surface area contributed by atoms with Crippen LogP contribution in [0.5, 0.6) is 0 Å². The molecule has 10 heavy (non-hydrogen) atoms. The van der Waals surface area contributed by atoms with Gasteiger partial charge in [-0.1, -0.05) is 0 Å². The van der Waals surface area contributed by atoms with E-state index in [0.717, 1.165) is 0 Å². The van der Waals surface area contributed by atoms with E-state index in [9.17, 15) is 0 Å². The third-order valence-corrected chi connectivity index (χ3v) is 1.76. The van der Waals surface area contributed by atoms with Crippen LogP contribution in [0.2, 0.25) is 0 Å². The van der Waals surface area contributed by atoms with Crippen LogP contribution in [0.25, 0.3) is 0 Å². The van der Waals surface area contributed by atoms with Gasteiger partial charge in [-0.05, 0) is 25.7 Å². The first-order valence-corrected chi connectivity index (χ1v) is 3.77. The first-order chi connectivity index (χ1) is 4.93. The molecule has 1 rings (SSSR count). The molecule has 2 heteroatoms. The van der Waals surface area contributed by atoms with E-state index in [1.807, 2.05) is 0 Å². The van der Waals surface area contributed by atoms with Gasteiger partial charge in [0, 0.05) is 0 Å². The number of hydrogen-bond donors (Lipinski definition) is 0. The van der Waals surface area contributed by atoms with Gasteiger partial charge in [0.05, 0.1) is 13.2 Å². The standard InChI is InChI=1S/C8H14O2/c1-9-6-7-10-8-4-2-3-5-8/h6-8H,2-5H2,1H3/b7-6-. The van der Waals surface area contributed by atoms with Crippen LogP contribution < -0.4 is 0 Å². The van der Waals surface area contributed by atoms with Crippen LogP contribution in [0, 0.1) is 0 Å². The van der Waals surface area contributed by atoms with Gasteiger partial charge in [-0.2, -0.15) is 0 Å². The summed E-state index contributed by atoms with van der Waals surface area (Å²) in [6.45, 7) is 0. The average Bonchev–Trinajstić information content (AvgIpc) is 2.41. The second-order valence-corrected chi connectivity index (χ2v) is 2.55. The fourth-order valence-corrected chi connectivity index (χ4v) is 1.22. The van der Waals surface area contributed by atoms with Crippen molar-refractivity contribution in [3.63, 3.8) is 0 Å². The number of methoxy groups -OCH3 is 1. The monoisotopic (exact) mass is 142 g/mol. The summed E-state index contributed by atoms with van der Waals surface area (Å²) in [4.78, 5) is 0. The van der Waals surface area contributed by atoms with Crippen molar-refractivity contribution in [2.75, 3.05) is 7.11 Å². The van der Waals surface area contributed by atoms with Crippen LogP contribution >= 0.6 is 0 Å². The van der Waals surface area contributed by atoms with Crippen molar-refractivity contribution in [3.8, 4) is 0 Å². The lowest BCUT2D eigenvalue weighted by atomic mass is 10.3. The summed E-state index contributed by atoms with van der Waals surface area (Å²) in [5.74, 6) is 0. The molecular formula is C8H14O2. The van der Waals surface area contributed by atoms with E-state index in [1.165, 1.54) is 25.7 Å². The van der Waals surface area contributed by atoms with Crippen molar-refractivity contribution in [3.05, 3.63) is 12.5 Å². The molecule has 0 aromatic carbocycles. The lowest BCUT2D eigenvalue weighted by Gasteiger charge is -2.06. The zero-order valence-corrected chi connectivity index (χ0v) is 6.38. The smallest absolute Gasteiger partial charge is 0.118 e. The molecular weight excluding hydrogens is 128 g/mol. The minimum absolute atomic E-state index is 0.450. The molecule has 0 radical (unpaired) electrons. The molecule has 0 spiro atoms. The molecule has 0 unspecified atom stereocenters. The maximum atomic E-state index is 5.34. The van der Waals surface area contributed by atoms with E-state index in [-0.39, 0.29) is 0 Å². The van der Waals surface area contributed by atoms with Crippen LogP contribution in [-0.2, 0) is 9.47 Å². The van der Waals surface area contributed by atoms with Crippen LogP contribution in [-0.4, -0.2) is 13.2 Å². The minimum Gasteiger partial charge on any atom is -0.501 e. The van der Waals surface area contributed by atoms with Crippen LogP contribution in [0.15, 0.2) is 12.5 Å². The van der Waals surface area contributed by atoms with Gasteiger partial charge in [0.25, 0.3) is 0 Å². The fourth-order valence-electron chi connectivity index (χ4n) is 1.22. The third-order valence-electron chi connectivity index (χ3n) is 1.76. The molecule has 0 bridgehead atoms. The second-order valence-electron chi connectivity index (χ2n) is 2.55. The van der Waals surface area contributed by atoms with Crippen LogP contribution in [0.4, 0.5) is 0 Å². The van der Waals surface area contributed by atoms with Gasteiger partial charge in [-0.15, -0.1) is 0 Å². The van der Waals surface area contributed by atoms with E-state index in [0.29, 0.717) is 6.10 Å². The fraction of sp³-hybridized carbons (Fsp3) is 0.750. The predicted molar refractivity (Wildman–Crippen MR) is 39.5 cm³/mol. The number of hydrogen-bond acceptors (Lipinski definition) is 2. The predicted octanol–water partition coefficient (Wildman–Crippen LogP) is 2.06. The SMILES string of the molecule is CO/C=C\OC1CCCC1.